The Kier molecular flexibility index (Phi) is 8.30. The van der Waals surface area contributed by atoms with E-state index in [0.29, 0.717) is 57.0 Å². The molecule has 1 aromatic heterocycles. The fourth-order valence-electron chi connectivity index (χ4n) is 7.17. The van der Waals surface area contributed by atoms with Crippen molar-refractivity contribution in [1.82, 2.24) is 19.5 Å². The number of pyridine rings is 1. The first-order valence-corrected chi connectivity index (χ1v) is 16.7. The summed E-state index contributed by atoms with van der Waals surface area (Å²) in [6.45, 7) is 3.53. The van der Waals surface area contributed by atoms with Crippen LogP contribution in [0.1, 0.15) is 56.1 Å². The fraction of sp³-hybridized carbons (Fsp3) is 0.581. The lowest BCUT2D eigenvalue weighted by Crippen LogP contribution is -2.50. The van der Waals surface area contributed by atoms with Crippen molar-refractivity contribution in [3.63, 3.8) is 0 Å². The first-order chi connectivity index (χ1) is 19.9. The molecule has 3 atom stereocenters. The monoisotopic (exact) mass is 579 g/mol. The quantitative estimate of drug-likeness (QED) is 0.598. The maximum absolute atomic E-state index is 14.2. The highest BCUT2D eigenvalue weighted by molar-refractivity contribution is 7.89. The zero-order valence-corrected chi connectivity index (χ0v) is 24.5. The van der Waals surface area contributed by atoms with E-state index in [1.54, 1.807) is 16.6 Å². The number of aromatic nitrogens is 1. The minimum Gasteiger partial charge on any atom is -0.356 e. The predicted molar refractivity (Wildman–Crippen MR) is 157 cm³/mol. The molecule has 6 rings (SSSR count). The van der Waals surface area contributed by atoms with E-state index >= 15 is 0 Å². The van der Waals surface area contributed by atoms with Crippen LogP contribution < -0.4 is 10.2 Å². The van der Waals surface area contributed by atoms with Crippen LogP contribution in [0.4, 0.5) is 5.82 Å². The van der Waals surface area contributed by atoms with E-state index in [2.05, 4.69) is 15.2 Å². The van der Waals surface area contributed by atoms with Gasteiger partial charge in [0.25, 0.3) is 0 Å². The molecule has 2 amide bonds. The van der Waals surface area contributed by atoms with Crippen molar-refractivity contribution in [3.05, 3.63) is 53.7 Å². The number of carbonyl (C=O) groups is 2. The highest BCUT2D eigenvalue weighted by atomic mass is 32.2. The molecule has 2 aliphatic carbocycles. The summed E-state index contributed by atoms with van der Waals surface area (Å²) in [5, 5.41) is 3.06. The number of piperazine rings is 1. The zero-order valence-electron chi connectivity index (χ0n) is 23.7. The van der Waals surface area contributed by atoms with Gasteiger partial charge in [-0.05, 0) is 80.3 Å². The summed E-state index contributed by atoms with van der Waals surface area (Å²) >= 11 is 0. The second kappa shape index (κ2) is 12.1. The summed E-state index contributed by atoms with van der Waals surface area (Å²) in [4.78, 5) is 36.1. The minimum absolute atomic E-state index is 0.0351. The second-order valence-corrected chi connectivity index (χ2v) is 13.8. The molecule has 4 aliphatic rings. The second-order valence-electron chi connectivity index (χ2n) is 11.9. The van der Waals surface area contributed by atoms with Gasteiger partial charge in [0, 0.05) is 57.4 Å². The molecule has 0 spiro atoms. The van der Waals surface area contributed by atoms with Crippen LogP contribution in [-0.2, 0) is 32.5 Å². The molecular formula is C31H41N5O4S. The third kappa shape index (κ3) is 5.86. The van der Waals surface area contributed by atoms with Crippen LogP contribution in [-0.4, -0.2) is 79.7 Å². The summed E-state index contributed by atoms with van der Waals surface area (Å²) in [6.07, 6.45) is 8.96. The van der Waals surface area contributed by atoms with E-state index in [1.165, 1.54) is 5.56 Å². The van der Waals surface area contributed by atoms with Crippen LogP contribution >= 0.6 is 0 Å². The summed E-state index contributed by atoms with van der Waals surface area (Å²) < 4.78 is 30.0. The van der Waals surface area contributed by atoms with Gasteiger partial charge < -0.3 is 15.1 Å². The molecule has 2 aliphatic heterocycles. The molecule has 41 heavy (non-hydrogen) atoms. The van der Waals surface area contributed by atoms with Gasteiger partial charge in [-0.3, -0.25) is 9.59 Å². The lowest BCUT2D eigenvalue weighted by atomic mass is 10.0. The summed E-state index contributed by atoms with van der Waals surface area (Å²) in [6, 6.07) is 10.8. The summed E-state index contributed by atoms with van der Waals surface area (Å²) in [7, 11) is -3.84. The molecule has 1 saturated carbocycles. The van der Waals surface area contributed by atoms with Gasteiger partial charge in [-0.15, -0.1) is 0 Å². The Morgan fingerprint density at radius 1 is 0.878 bits per heavy atom. The van der Waals surface area contributed by atoms with E-state index in [0.717, 1.165) is 56.3 Å². The molecule has 10 heteroatoms. The summed E-state index contributed by atoms with van der Waals surface area (Å²) in [5.41, 5.74) is 2.34. The number of anilines is 1. The third-order valence-electron chi connectivity index (χ3n) is 9.43. The van der Waals surface area contributed by atoms with Gasteiger partial charge >= 0.3 is 0 Å². The van der Waals surface area contributed by atoms with Gasteiger partial charge in [0.1, 0.15) is 5.82 Å². The predicted octanol–water partition coefficient (Wildman–Crippen LogP) is 2.99. The van der Waals surface area contributed by atoms with Crippen LogP contribution in [0.3, 0.4) is 0 Å². The largest absolute Gasteiger partial charge is 0.356 e. The number of fused-ring (bicyclic) bond motifs is 2. The molecule has 9 nitrogen and oxygen atoms in total. The van der Waals surface area contributed by atoms with Crippen LogP contribution in [0.2, 0.25) is 0 Å². The number of nitrogens with zero attached hydrogens (tertiary/aromatic N) is 4. The molecule has 1 N–H and O–H groups in total. The topological polar surface area (TPSA) is 103 Å². The van der Waals surface area contributed by atoms with Gasteiger partial charge in [0.15, 0.2) is 0 Å². The van der Waals surface area contributed by atoms with Crippen LogP contribution in [0.5, 0.6) is 0 Å². The molecule has 1 aromatic carbocycles. The standard InChI is InChI=1S/C31H41N5O4S/c37-30-27-21-25(31(38)35-18-16-34(17-19-35)29-10-3-5-13-32-29)22-28(27)36(15-6-2-1-4-14-33-30)41(39,40)26-12-11-23-8-7-9-24(23)20-26/h3,5,10-13,20,25,27-28H,1-2,4,6-9,14-19,21-22H2,(H,33,37). The van der Waals surface area contributed by atoms with Crippen molar-refractivity contribution >= 4 is 27.7 Å². The molecule has 3 heterocycles. The van der Waals surface area contributed by atoms with Crippen molar-refractivity contribution in [3.8, 4) is 0 Å². The maximum atomic E-state index is 14.2. The molecule has 2 aromatic rings. The number of nitrogens with one attached hydrogen (secondary N) is 1. The minimum atomic E-state index is -3.84. The van der Waals surface area contributed by atoms with E-state index in [-0.39, 0.29) is 17.7 Å². The number of hydrogen-bond acceptors (Lipinski definition) is 6. The smallest absolute Gasteiger partial charge is 0.243 e. The Balaban J connectivity index is 1.23. The highest BCUT2D eigenvalue weighted by Gasteiger charge is 2.48. The number of rotatable bonds is 4. The molecule has 3 fully saturated rings. The SMILES string of the molecule is O=C1NCCCCCCN(S(=O)(=O)c2ccc3c(c2)CCC3)C2CC(C(=O)N3CCN(c4ccccn4)CC3)CC12. The molecule has 3 unspecified atom stereocenters. The van der Waals surface area contributed by atoms with Crippen molar-refractivity contribution < 1.29 is 18.0 Å². The number of sulfonamides is 1. The van der Waals surface area contributed by atoms with Crippen molar-refractivity contribution in [2.75, 3.05) is 44.2 Å². The van der Waals surface area contributed by atoms with Gasteiger partial charge in [-0.1, -0.05) is 25.0 Å². The molecule has 220 valence electrons. The van der Waals surface area contributed by atoms with E-state index in [4.69, 9.17) is 0 Å². The number of carbonyl (C=O) groups excluding carboxylic acids is 2. The zero-order chi connectivity index (χ0) is 28.4. The first kappa shape index (κ1) is 28.2. The number of amides is 2. The average Bonchev–Trinajstić information content (AvgIpc) is 3.65. The van der Waals surface area contributed by atoms with Gasteiger partial charge in [-0.25, -0.2) is 13.4 Å². The lowest BCUT2D eigenvalue weighted by Gasteiger charge is -2.36. The number of aryl methyl sites for hydroxylation is 2. The van der Waals surface area contributed by atoms with E-state index in [9.17, 15) is 18.0 Å². The van der Waals surface area contributed by atoms with Gasteiger partial charge in [0.05, 0.1) is 10.8 Å². The Hall–Kier alpha value is -2.98. The highest BCUT2D eigenvalue weighted by Crippen LogP contribution is 2.39. The number of hydrogen-bond donors (Lipinski definition) is 1. The molecule has 0 radical (unpaired) electrons. The first-order valence-electron chi connectivity index (χ1n) is 15.3. The normalized spacial score (nSPS) is 26.1. The summed E-state index contributed by atoms with van der Waals surface area (Å²) in [5.74, 6) is -0.0979. The van der Waals surface area contributed by atoms with Crippen LogP contribution in [0.25, 0.3) is 0 Å². The Morgan fingerprint density at radius 2 is 1.68 bits per heavy atom. The maximum Gasteiger partial charge on any atom is 0.243 e. The van der Waals surface area contributed by atoms with Crippen molar-refractivity contribution in [2.24, 2.45) is 11.8 Å². The average molecular weight is 580 g/mol. The van der Waals surface area contributed by atoms with Crippen LogP contribution in [0.15, 0.2) is 47.5 Å². The Morgan fingerprint density at radius 3 is 2.49 bits per heavy atom. The molecular weight excluding hydrogens is 538 g/mol. The fourth-order valence-corrected chi connectivity index (χ4v) is 8.93. The van der Waals surface area contributed by atoms with E-state index < -0.39 is 22.0 Å². The van der Waals surface area contributed by atoms with Gasteiger partial charge in [0.2, 0.25) is 21.8 Å². The lowest BCUT2D eigenvalue weighted by molar-refractivity contribution is -0.135. The van der Waals surface area contributed by atoms with Gasteiger partial charge in [-0.2, -0.15) is 4.31 Å². The molecule has 0 bridgehead atoms. The van der Waals surface area contributed by atoms with E-state index in [1.807, 2.05) is 35.2 Å². The Bertz CT molecular complexity index is 1360. The molecule has 2 saturated heterocycles. The number of benzene rings is 1. The van der Waals surface area contributed by atoms with Crippen molar-refractivity contribution in [2.45, 2.75) is 68.7 Å². The third-order valence-corrected chi connectivity index (χ3v) is 11.4. The Labute approximate surface area is 243 Å². The van der Waals surface area contributed by atoms with Crippen LogP contribution in [0, 0.1) is 11.8 Å². The van der Waals surface area contributed by atoms with Crippen molar-refractivity contribution in [1.29, 1.82) is 0 Å².